The summed E-state index contributed by atoms with van der Waals surface area (Å²) >= 11 is 1.76. The number of halogens is 1. The van der Waals surface area contributed by atoms with Crippen molar-refractivity contribution < 1.29 is 4.74 Å². The van der Waals surface area contributed by atoms with Gasteiger partial charge in [0.2, 0.25) is 0 Å². The molecule has 0 bridgehead atoms. The highest BCUT2D eigenvalue weighted by atomic mass is 127. The van der Waals surface area contributed by atoms with Gasteiger partial charge in [-0.25, -0.2) is 4.98 Å². The van der Waals surface area contributed by atoms with E-state index >= 15 is 0 Å². The molecule has 110 valence electrons. The summed E-state index contributed by atoms with van der Waals surface area (Å²) < 4.78 is 4.98. The molecule has 0 aliphatic rings. The van der Waals surface area contributed by atoms with Crippen molar-refractivity contribution >= 4 is 41.3 Å². The van der Waals surface area contributed by atoms with Gasteiger partial charge in [-0.15, -0.1) is 35.3 Å². The molecule has 0 fully saturated rings. The molecular weight excluding hydrogens is 375 g/mol. The summed E-state index contributed by atoms with van der Waals surface area (Å²) in [5, 5.41) is 7.58. The molecule has 0 saturated heterocycles. The van der Waals surface area contributed by atoms with E-state index < -0.39 is 0 Å². The summed E-state index contributed by atoms with van der Waals surface area (Å²) in [6, 6.07) is 0. The zero-order valence-electron chi connectivity index (χ0n) is 11.9. The predicted octanol–water partition coefficient (Wildman–Crippen LogP) is 1.73. The third-order valence-corrected chi connectivity index (χ3v) is 3.60. The highest BCUT2D eigenvalue weighted by Gasteiger charge is 2.04. The molecule has 0 saturated carbocycles. The van der Waals surface area contributed by atoms with Gasteiger partial charge >= 0.3 is 0 Å². The Kier molecular flexibility index (Phi) is 10.2. The Morgan fingerprint density at radius 3 is 2.53 bits per heavy atom. The monoisotopic (exact) mass is 398 g/mol. The first kappa shape index (κ1) is 18.6. The van der Waals surface area contributed by atoms with E-state index in [1.54, 1.807) is 25.5 Å². The minimum absolute atomic E-state index is 0. The molecule has 0 spiro atoms. The highest BCUT2D eigenvalue weighted by molar-refractivity contribution is 14.0. The van der Waals surface area contributed by atoms with Crippen LogP contribution in [-0.4, -0.2) is 44.8 Å². The molecule has 1 heterocycles. The molecule has 1 aromatic rings. The fourth-order valence-corrected chi connectivity index (χ4v) is 2.53. The van der Waals surface area contributed by atoms with Crippen LogP contribution < -0.4 is 10.6 Å². The zero-order chi connectivity index (χ0) is 13.4. The lowest BCUT2D eigenvalue weighted by Gasteiger charge is -2.10. The smallest absolute Gasteiger partial charge is 0.191 e. The lowest BCUT2D eigenvalue weighted by atomic mass is 10.3. The number of guanidine groups is 1. The van der Waals surface area contributed by atoms with Crippen LogP contribution in [0.3, 0.4) is 0 Å². The van der Waals surface area contributed by atoms with Gasteiger partial charge in [-0.1, -0.05) is 0 Å². The molecule has 0 radical (unpaired) electrons. The van der Waals surface area contributed by atoms with Gasteiger partial charge in [0, 0.05) is 38.5 Å². The van der Waals surface area contributed by atoms with Crippen molar-refractivity contribution in [2.45, 2.75) is 20.3 Å². The van der Waals surface area contributed by atoms with Gasteiger partial charge in [-0.3, -0.25) is 4.99 Å². The second kappa shape index (κ2) is 10.4. The average Bonchev–Trinajstić information content (AvgIpc) is 2.66. The number of hydrogen-bond acceptors (Lipinski definition) is 4. The van der Waals surface area contributed by atoms with E-state index in [0.717, 1.165) is 36.2 Å². The first-order valence-corrected chi connectivity index (χ1v) is 6.85. The van der Waals surface area contributed by atoms with Crippen LogP contribution in [0.25, 0.3) is 0 Å². The number of aryl methyl sites for hydroxylation is 2. The first-order chi connectivity index (χ1) is 8.67. The number of aliphatic imine (C=N–C) groups is 1. The molecule has 1 aromatic heterocycles. The molecule has 0 aliphatic carbocycles. The maximum absolute atomic E-state index is 4.98. The van der Waals surface area contributed by atoms with Gasteiger partial charge in [0.15, 0.2) is 5.96 Å². The van der Waals surface area contributed by atoms with Crippen LogP contribution in [0.5, 0.6) is 0 Å². The molecule has 2 N–H and O–H groups in total. The van der Waals surface area contributed by atoms with Crippen LogP contribution in [0.15, 0.2) is 4.99 Å². The Hall–Kier alpha value is -0.410. The van der Waals surface area contributed by atoms with E-state index in [-0.39, 0.29) is 24.0 Å². The number of aromatic nitrogens is 1. The molecule has 5 nitrogen and oxygen atoms in total. The van der Waals surface area contributed by atoms with Crippen LogP contribution >= 0.6 is 35.3 Å². The number of ether oxygens (including phenoxy) is 1. The number of hydrogen-bond donors (Lipinski definition) is 2. The molecule has 0 aliphatic heterocycles. The maximum atomic E-state index is 4.98. The fraction of sp³-hybridized carbons (Fsp3) is 0.667. The van der Waals surface area contributed by atoms with Gasteiger partial charge in [0.25, 0.3) is 0 Å². The number of methoxy groups -OCH3 is 1. The Labute approximate surface area is 136 Å². The minimum atomic E-state index is 0. The summed E-state index contributed by atoms with van der Waals surface area (Å²) in [4.78, 5) is 9.90. The van der Waals surface area contributed by atoms with E-state index in [0.29, 0.717) is 6.61 Å². The van der Waals surface area contributed by atoms with E-state index in [1.807, 2.05) is 6.92 Å². The summed E-state index contributed by atoms with van der Waals surface area (Å²) in [6.07, 6.45) is 0.975. The quantitative estimate of drug-likeness (QED) is 0.332. The fourth-order valence-electron chi connectivity index (χ4n) is 1.59. The Morgan fingerprint density at radius 2 is 2.00 bits per heavy atom. The van der Waals surface area contributed by atoms with Crippen LogP contribution in [0, 0.1) is 13.8 Å². The van der Waals surface area contributed by atoms with Gasteiger partial charge in [0.1, 0.15) is 0 Å². The van der Waals surface area contributed by atoms with Crippen molar-refractivity contribution in [2.24, 2.45) is 4.99 Å². The van der Waals surface area contributed by atoms with Gasteiger partial charge in [-0.2, -0.15) is 0 Å². The Morgan fingerprint density at radius 1 is 1.32 bits per heavy atom. The lowest BCUT2D eigenvalue weighted by molar-refractivity contribution is 0.203. The summed E-state index contributed by atoms with van der Waals surface area (Å²) in [6.45, 7) is 6.39. The topological polar surface area (TPSA) is 58.5 Å². The predicted molar refractivity (Wildman–Crippen MR) is 91.9 cm³/mol. The third-order valence-electron chi connectivity index (χ3n) is 2.47. The molecule has 0 unspecified atom stereocenters. The molecule has 0 atom stereocenters. The molecule has 0 aromatic carbocycles. The van der Waals surface area contributed by atoms with Crippen molar-refractivity contribution in [3.63, 3.8) is 0 Å². The summed E-state index contributed by atoms with van der Waals surface area (Å²) in [5.41, 5.74) is 1.14. The molecule has 1 rings (SSSR count). The average molecular weight is 398 g/mol. The van der Waals surface area contributed by atoms with Crippen LogP contribution in [0.4, 0.5) is 0 Å². The number of nitrogens with one attached hydrogen (secondary N) is 2. The van der Waals surface area contributed by atoms with Crippen molar-refractivity contribution in [3.05, 3.63) is 15.6 Å². The third kappa shape index (κ3) is 7.07. The van der Waals surface area contributed by atoms with Crippen LogP contribution in [0.1, 0.15) is 15.6 Å². The minimum Gasteiger partial charge on any atom is -0.383 e. The normalized spacial score (nSPS) is 11.1. The van der Waals surface area contributed by atoms with Crippen molar-refractivity contribution in [1.82, 2.24) is 15.6 Å². The van der Waals surface area contributed by atoms with E-state index in [9.17, 15) is 0 Å². The molecule has 19 heavy (non-hydrogen) atoms. The lowest BCUT2D eigenvalue weighted by Crippen LogP contribution is -2.39. The van der Waals surface area contributed by atoms with E-state index in [1.165, 1.54) is 4.88 Å². The van der Waals surface area contributed by atoms with E-state index in [4.69, 9.17) is 4.74 Å². The van der Waals surface area contributed by atoms with Gasteiger partial charge in [0.05, 0.1) is 17.3 Å². The molecule has 0 amide bonds. The second-order valence-corrected chi connectivity index (χ2v) is 5.20. The SMILES string of the molecule is CN=C(NCCOC)NCCc1sc(C)nc1C.I. The number of thiazole rings is 1. The van der Waals surface area contributed by atoms with Crippen molar-refractivity contribution in [1.29, 1.82) is 0 Å². The zero-order valence-corrected chi connectivity index (χ0v) is 15.1. The molecule has 7 heteroatoms. The Balaban J connectivity index is 0.00000324. The van der Waals surface area contributed by atoms with Gasteiger partial charge < -0.3 is 15.4 Å². The largest absolute Gasteiger partial charge is 0.383 e. The van der Waals surface area contributed by atoms with Crippen molar-refractivity contribution in [3.8, 4) is 0 Å². The highest BCUT2D eigenvalue weighted by Crippen LogP contribution is 2.16. The summed E-state index contributed by atoms with van der Waals surface area (Å²) in [7, 11) is 3.46. The first-order valence-electron chi connectivity index (χ1n) is 6.03. The Bertz CT molecular complexity index is 395. The maximum Gasteiger partial charge on any atom is 0.191 e. The van der Waals surface area contributed by atoms with Gasteiger partial charge in [-0.05, 0) is 13.8 Å². The van der Waals surface area contributed by atoms with Crippen LogP contribution in [0.2, 0.25) is 0 Å². The molecular formula is C12H23IN4OS. The number of rotatable bonds is 6. The second-order valence-electron chi connectivity index (χ2n) is 3.91. The van der Waals surface area contributed by atoms with E-state index in [2.05, 4.69) is 27.5 Å². The number of nitrogens with zero attached hydrogens (tertiary/aromatic N) is 2. The summed E-state index contributed by atoms with van der Waals surface area (Å²) in [5.74, 6) is 0.811. The standard InChI is InChI=1S/C12H22N4OS.HI/c1-9-11(18-10(2)16-9)5-6-14-12(13-3)15-7-8-17-4;/h5-8H2,1-4H3,(H2,13,14,15);1H. The van der Waals surface area contributed by atoms with Crippen molar-refractivity contribution in [2.75, 3.05) is 33.9 Å². The van der Waals surface area contributed by atoms with Crippen LogP contribution in [-0.2, 0) is 11.2 Å².